The van der Waals surface area contributed by atoms with Crippen molar-refractivity contribution in [2.75, 3.05) is 25.9 Å². The Morgan fingerprint density at radius 2 is 2.06 bits per heavy atom. The van der Waals surface area contributed by atoms with Gasteiger partial charge in [0, 0.05) is 35.3 Å². The third-order valence-corrected chi connectivity index (χ3v) is 7.36. The van der Waals surface area contributed by atoms with E-state index < -0.39 is 0 Å². The van der Waals surface area contributed by atoms with Crippen LogP contribution < -0.4 is 10.5 Å². The van der Waals surface area contributed by atoms with Crippen molar-refractivity contribution in [2.45, 2.75) is 25.3 Å². The summed E-state index contributed by atoms with van der Waals surface area (Å²) < 4.78 is 19.5. The zero-order chi connectivity index (χ0) is 22.2. The van der Waals surface area contributed by atoms with Gasteiger partial charge in [-0.1, -0.05) is 22.9 Å². The minimum Gasteiger partial charge on any atom is -0.496 e. The Morgan fingerprint density at radius 3 is 2.78 bits per heavy atom. The minimum atomic E-state index is -0.295. The third kappa shape index (κ3) is 4.05. The summed E-state index contributed by atoms with van der Waals surface area (Å²) in [5.74, 6) is 0.749. The van der Waals surface area contributed by atoms with Gasteiger partial charge in [0.25, 0.3) is 0 Å². The average molecular weight is 472 g/mol. The van der Waals surface area contributed by atoms with Gasteiger partial charge in [-0.3, -0.25) is 4.90 Å². The zero-order valence-corrected chi connectivity index (χ0v) is 19.1. The Labute approximate surface area is 194 Å². The van der Waals surface area contributed by atoms with E-state index in [4.69, 9.17) is 22.1 Å². The summed E-state index contributed by atoms with van der Waals surface area (Å²) in [7, 11) is 1.60. The van der Waals surface area contributed by atoms with Crippen molar-refractivity contribution in [2.24, 2.45) is 0 Å². The minimum absolute atomic E-state index is 0.295. The molecule has 166 valence electrons. The van der Waals surface area contributed by atoms with Gasteiger partial charge in [-0.25, -0.2) is 14.4 Å². The molecule has 5 rings (SSSR count). The van der Waals surface area contributed by atoms with E-state index in [-0.39, 0.29) is 5.82 Å². The summed E-state index contributed by atoms with van der Waals surface area (Å²) in [6.07, 6.45) is 3.80. The highest BCUT2D eigenvalue weighted by Crippen LogP contribution is 2.38. The van der Waals surface area contributed by atoms with Gasteiger partial charge in [0.15, 0.2) is 5.13 Å². The number of likely N-dealkylation sites (tertiary alicyclic amines) is 1. The number of hydrogen-bond donors (Lipinski definition) is 2. The molecule has 1 aromatic carbocycles. The number of nitrogens with one attached hydrogen (secondary N) is 1. The Morgan fingerprint density at radius 1 is 1.25 bits per heavy atom. The number of halogens is 2. The lowest BCUT2D eigenvalue weighted by atomic mass is 9.93. The van der Waals surface area contributed by atoms with Crippen molar-refractivity contribution in [1.82, 2.24) is 19.9 Å². The molecule has 1 fully saturated rings. The molecule has 6 nitrogen and oxygen atoms in total. The first kappa shape index (κ1) is 21.2. The van der Waals surface area contributed by atoms with Crippen molar-refractivity contribution in [3.8, 4) is 16.9 Å². The van der Waals surface area contributed by atoms with Crippen molar-refractivity contribution in [3.63, 3.8) is 0 Å². The zero-order valence-electron chi connectivity index (χ0n) is 17.6. The first-order chi connectivity index (χ1) is 15.5. The van der Waals surface area contributed by atoms with Crippen LogP contribution in [-0.4, -0.2) is 40.1 Å². The van der Waals surface area contributed by atoms with Crippen molar-refractivity contribution < 1.29 is 9.13 Å². The number of piperidine rings is 1. The van der Waals surface area contributed by atoms with Gasteiger partial charge >= 0.3 is 0 Å². The number of nitrogens with two attached hydrogens (primary N) is 1. The van der Waals surface area contributed by atoms with Crippen LogP contribution >= 0.6 is 22.9 Å². The normalized spacial score (nSPS) is 15.5. The molecule has 0 unspecified atom stereocenters. The number of nitrogen functional groups attached to an aromatic ring is 1. The SMILES string of the molecule is COc1ccc(F)cc1-c1ccnc2[nH]c(C3CCN(Cc4sc(N)nc4Cl)CC3)cc12. The number of methoxy groups -OCH3 is 1. The standard InChI is InChI=1S/C23H23ClFN5OS/c1-31-19-3-2-14(25)10-16(19)15-4-7-27-22-17(15)11-18(28-22)13-5-8-30(9-6-13)12-20-21(24)29-23(26)32-20/h2-4,7,10-11,13H,5-6,8-9,12H2,1H3,(H2,26,29)(H,27,28). The van der Waals surface area contributed by atoms with E-state index in [0.717, 1.165) is 65.2 Å². The number of ether oxygens (including phenoxy) is 1. The summed E-state index contributed by atoms with van der Waals surface area (Å²) in [5, 5.41) is 1.99. The van der Waals surface area contributed by atoms with Gasteiger partial charge in [0.1, 0.15) is 22.4 Å². The molecule has 1 saturated heterocycles. The number of hydrogen-bond acceptors (Lipinski definition) is 6. The van der Waals surface area contributed by atoms with Crippen LogP contribution in [0.25, 0.3) is 22.2 Å². The molecule has 1 aliphatic heterocycles. The van der Waals surface area contributed by atoms with Gasteiger partial charge in [0.2, 0.25) is 0 Å². The molecule has 0 bridgehead atoms. The van der Waals surface area contributed by atoms with Crippen LogP contribution in [0.5, 0.6) is 5.75 Å². The number of pyridine rings is 1. The second-order valence-corrected chi connectivity index (χ2v) is 9.48. The van der Waals surface area contributed by atoms with Crippen molar-refractivity contribution >= 4 is 39.1 Å². The van der Waals surface area contributed by atoms with Crippen LogP contribution in [0.2, 0.25) is 5.15 Å². The number of aromatic amines is 1. The van der Waals surface area contributed by atoms with Gasteiger partial charge in [-0.15, -0.1) is 0 Å². The molecule has 4 aromatic rings. The number of benzene rings is 1. The summed E-state index contributed by atoms with van der Waals surface area (Å²) in [6, 6.07) is 8.64. The third-order valence-electron chi connectivity index (χ3n) is 6.07. The molecule has 3 aromatic heterocycles. The highest BCUT2D eigenvalue weighted by atomic mass is 35.5. The van der Waals surface area contributed by atoms with Crippen molar-refractivity contribution in [1.29, 1.82) is 0 Å². The summed E-state index contributed by atoms with van der Waals surface area (Å²) in [4.78, 5) is 15.5. The molecule has 0 saturated carbocycles. The Hall–Kier alpha value is -2.68. The molecule has 3 N–H and O–H groups in total. The van der Waals surface area contributed by atoms with Crippen LogP contribution in [0.4, 0.5) is 9.52 Å². The summed E-state index contributed by atoms with van der Waals surface area (Å²) in [6.45, 7) is 2.70. The lowest BCUT2D eigenvalue weighted by molar-refractivity contribution is 0.205. The highest BCUT2D eigenvalue weighted by Gasteiger charge is 2.24. The molecule has 0 amide bonds. The smallest absolute Gasteiger partial charge is 0.181 e. The lowest BCUT2D eigenvalue weighted by Gasteiger charge is -2.31. The van der Waals surface area contributed by atoms with E-state index in [1.54, 1.807) is 19.4 Å². The first-order valence-corrected chi connectivity index (χ1v) is 11.7. The molecule has 0 atom stereocenters. The van der Waals surface area contributed by atoms with E-state index in [9.17, 15) is 4.39 Å². The van der Waals surface area contributed by atoms with E-state index >= 15 is 0 Å². The average Bonchev–Trinajstić information content (AvgIpc) is 3.36. The molecular weight excluding hydrogens is 449 g/mol. The van der Waals surface area contributed by atoms with E-state index in [2.05, 4.69) is 25.9 Å². The fourth-order valence-corrected chi connectivity index (χ4v) is 5.53. The quantitative estimate of drug-likeness (QED) is 0.404. The summed E-state index contributed by atoms with van der Waals surface area (Å²) in [5.41, 5.74) is 9.36. The maximum absolute atomic E-state index is 14.0. The van der Waals surface area contributed by atoms with Crippen LogP contribution in [0, 0.1) is 5.82 Å². The second-order valence-electron chi connectivity index (χ2n) is 8.01. The number of thiazole rings is 1. The van der Waals surface area contributed by atoms with E-state index in [0.29, 0.717) is 22.0 Å². The molecule has 0 spiro atoms. The molecular formula is C23H23ClFN5OS. The number of rotatable bonds is 5. The molecule has 9 heteroatoms. The lowest BCUT2D eigenvalue weighted by Crippen LogP contribution is -2.32. The van der Waals surface area contributed by atoms with Crippen LogP contribution in [0.1, 0.15) is 29.3 Å². The Balaban J connectivity index is 1.37. The summed E-state index contributed by atoms with van der Waals surface area (Å²) >= 11 is 7.63. The van der Waals surface area contributed by atoms with Crippen LogP contribution in [-0.2, 0) is 6.54 Å². The predicted octanol–water partition coefficient (Wildman–Crippen LogP) is 5.45. The molecule has 4 heterocycles. The van der Waals surface area contributed by atoms with Gasteiger partial charge in [-0.2, -0.15) is 0 Å². The predicted molar refractivity (Wildman–Crippen MR) is 127 cm³/mol. The van der Waals surface area contributed by atoms with E-state index in [1.807, 2.05) is 6.07 Å². The number of fused-ring (bicyclic) bond motifs is 1. The number of aromatic nitrogens is 3. The Bertz CT molecular complexity index is 1260. The van der Waals surface area contributed by atoms with Crippen LogP contribution in [0.3, 0.4) is 0 Å². The maximum Gasteiger partial charge on any atom is 0.181 e. The van der Waals surface area contributed by atoms with E-state index in [1.165, 1.54) is 23.5 Å². The second kappa shape index (κ2) is 8.69. The van der Waals surface area contributed by atoms with Crippen molar-refractivity contribution in [3.05, 3.63) is 58.1 Å². The number of nitrogens with zero attached hydrogens (tertiary/aromatic N) is 3. The number of H-pyrrole nitrogens is 1. The van der Waals surface area contributed by atoms with Gasteiger partial charge < -0.3 is 15.5 Å². The van der Waals surface area contributed by atoms with Crippen LogP contribution in [0.15, 0.2) is 36.5 Å². The largest absolute Gasteiger partial charge is 0.496 e. The molecule has 0 aliphatic carbocycles. The Kier molecular flexibility index (Phi) is 5.75. The molecule has 0 radical (unpaired) electrons. The monoisotopic (exact) mass is 471 g/mol. The fraction of sp³-hybridized carbons (Fsp3) is 0.304. The first-order valence-electron chi connectivity index (χ1n) is 10.5. The maximum atomic E-state index is 14.0. The van der Waals surface area contributed by atoms with Gasteiger partial charge in [-0.05, 0) is 61.8 Å². The number of anilines is 1. The molecule has 32 heavy (non-hydrogen) atoms. The topological polar surface area (TPSA) is 80.1 Å². The highest BCUT2D eigenvalue weighted by molar-refractivity contribution is 7.15. The molecule has 1 aliphatic rings. The van der Waals surface area contributed by atoms with Gasteiger partial charge in [0.05, 0.1) is 12.0 Å². The fourth-order valence-electron chi connectivity index (χ4n) is 4.45.